The van der Waals surface area contributed by atoms with Crippen molar-refractivity contribution < 1.29 is 4.79 Å². The maximum Gasteiger partial charge on any atom is 0.253 e. The summed E-state index contributed by atoms with van der Waals surface area (Å²) < 4.78 is 0. The van der Waals surface area contributed by atoms with Crippen LogP contribution < -0.4 is 0 Å². The summed E-state index contributed by atoms with van der Waals surface area (Å²) in [4.78, 5) is 13.8. The molecule has 0 saturated heterocycles. The van der Waals surface area contributed by atoms with E-state index >= 15 is 0 Å². The fourth-order valence-electron chi connectivity index (χ4n) is 1.55. The van der Waals surface area contributed by atoms with Gasteiger partial charge in [0, 0.05) is 23.7 Å². The number of nitrogens with zero attached hydrogens (tertiary/aromatic N) is 1. The lowest BCUT2D eigenvalue weighted by molar-refractivity contribution is 0.0773. The molecule has 0 spiro atoms. The Morgan fingerprint density at radius 1 is 1.27 bits per heavy atom. The minimum Gasteiger partial charge on any atom is -0.339 e. The zero-order valence-corrected chi connectivity index (χ0v) is 10.1. The van der Waals surface area contributed by atoms with E-state index in [4.69, 9.17) is 11.6 Å². The Morgan fingerprint density at radius 2 is 1.87 bits per heavy atom. The second kappa shape index (κ2) is 5.17. The summed E-state index contributed by atoms with van der Waals surface area (Å²) in [5.74, 6) is 0.0469. The third-order valence-corrected chi connectivity index (χ3v) is 2.56. The number of carbonyl (C=O) groups is 1. The standard InChI is InChI=1S/C12H16ClNO/c1-4-14(5-2)12(15)10-6-9(3)7-11(13)8-10/h6-8H,4-5H2,1-3H3. The van der Waals surface area contributed by atoms with Gasteiger partial charge in [0.15, 0.2) is 0 Å². The molecule has 0 aliphatic carbocycles. The summed E-state index contributed by atoms with van der Waals surface area (Å²) in [6.07, 6.45) is 0. The van der Waals surface area contributed by atoms with Crippen molar-refractivity contribution in [3.05, 3.63) is 34.3 Å². The van der Waals surface area contributed by atoms with E-state index in [1.54, 1.807) is 11.0 Å². The van der Waals surface area contributed by atoms with Crippen LogP contribution in [0.15, 0.2) is 18.2 Å². The van der Waals surface area contributed by atoms with Gasteiger partial charge in [0.2, 0.25) is 0 Å². The molecule has 2 nitrogen and oxygen atoms in total. The van der Waals surface area contributed by atoms with Crippen molar-refractivity contribution in [2.24, 2.45) is 0 Å². The smallest absolute Gasteiger partial charge is 0.253 e. The summed E-state index contributed by atoms with van der Waals surface area (Å²) in [6.45, 7) is 7.32. The molecule has 0 unspecified atom stereocenters. The average Bonchev–Trinajstić information content (AvgIpc) is 2.18. The third-order valence-electron chi connectivity index (χ3n) is 2.34. The first-order chi connectivity index (χ1) is 7.08. The Kier molecular flexibility index (Phi) is 4.15. The van der Waals surface area contributed by atoms with Crippen LogP contribution in [0.4, 0.5) is 0 Å². The topological polar surface area (TPSA) is 20.3 Å². The van der Waals surface area contributed by atoms with Crippen LogP contribution in [0.3, 0.4) is 0 Å². The lowest BCUT2D eigenvalue weighted by atomic mass is 10.1. The highest BCUT2D eigenvalue weighted by atomic mass is 35.5. The van der Waals surface area contributed by atoms with Crippen LogP contribution in [0.5, 0.6) is 0 Å². The highest BCUT2D eigenvalue weighted by Gasteiger charge is 2.12. The minimum atomic E-state index is 0.0469. The number of benzene rings is 1. The number of carbonyl (C=O) groups excluding carboxylic acids is 1. The van der Waals surface area contributed by atoms with Gasteiger partial charge in [0.1, 0.15) is 0 Å². The number of hydrogen-bond donors (Lipinski definition) is 0. The Morgan fingerprint density at radius 3 is 2.33 bits per heavy atom. The van der Waals surface area contributed by atoms with E-state index in [1.807, 2.05) is 32.9 Å². The predicted octanol–water partition coefficient (Wildman–Crippen LogP) is 3.13. The number of rotatable bonds is 3. The molecule has 1 aromatic rings. The van der Waals surface area contributed by atoms with Crippen molar-refractivity contribution in [2.75, 3.05) is 13.1 Å². The van der Waals surface area contributed by atoms with Crippen LogP contribution in [0.1, 0.15) is 29.8 Å². The van der Waals surface area contributed by atoms with Crippen LogP contribution in [-0.2, 0) is 0 Å². The summed E-state index contributed by atoms with van der Waals surface area (Å²) in [6, 6.07) is 5.43. The fraction of sp³-hybridized carbons (Fsp3) is 0.417. The van der Waals surface area contributed by atoms with Crippen molar-refractivity contribution >= 4 is 17.5 Å². The number of halogens is 1. The quantitative estimate of drug-likeness (QED) is 0.774. The van der Waals surface area contributed by atoms with Gasteiger partial charge in [-0.2, -0.15) is 0 Å². The molecule has 0 saturated carbocycles. The van der Waals surface area contributed by atoms with Crippen LogP contribution in [0.25, 0.3) is 0 Å². The van der Waals surface area contributed by atoms with Gasteiger partial charge in [-0.25, -0.2) is 0 Å². The molecule has 0 aliphatic rings. The molecule has 0 heterocycles. The number of aryl methyl sites for hydroxylation is 1. The van der Waals surface area contributed by atoms with Gasteiger partial charge in [-0.05, 0) is 44.5 Å². The highest BCUT2D eigenvalue weighted by Crippen LogP contribution is 2.16. The normalized spacial score (nSPS) is 10.1. The summed E-state index contributed by atoms with van der Waals surface area (Å²) >= 11 is 5.91. The van der Waals surface area contributed by atoms with Crippen molar-refractivity contribution in [1.29, 1.82) is 0 Å². The zero-order chi connectivity index (χ0) is 11.4. The van der Waals surface area contributed by atoms with Gasteiger partial charge in [0.05, 0.1) is 0 Å². The first-order valence-corrected chi connectivity index (χ1v) is 5.52. The van der Waals surface area contributed by atoms with E-state index in [2.05, 4.69) is 0 Å². The van der Waals surface area contributed by atoms with Crippen molar-refractivity contribution in [2.45, 2.75) is 20.8 Å². The molecule has 0 atom stereocenters. The van der Waals surface area contributed by atoms with E-state index in [-0.39, 0.29) is 5.91 Å². The number of amides is 1. The van der Waals surface area contributed by atoms with Crippen LogP contribution in [0.2, 0.25) is 5.02 Å². The van der Waals surface area contributed by atoms with Gasteiger partial charge < -0.3 is 4.90 Å². The van der Waals surface area contributed by atoms with Crippen molar-refractivity contribution in [1.82, 2.24) is 4.90 Å². The molecule has 15 heavy (non-hydrogen) atoms. The summed E-state index contributed by atoms with van der Waals surface area (Å²) in [5.41, 5.74) is 1.68. The zero-order valence-electron chi connectivity index (χ0n) is 9.38. The van der Waals surface area contributed by atoms with Crippen molar-refractivity contribution in [3.63, 3.8) is 0 Å². The molecule has 0 aliphatic heterocycles. The second-order valence-corrected chi connectivity index (χ2v) is 3.93. The SMILES string of the molecule is CCN(CC)C(=O)c1cc(C)cc(Cl)c1. The van der Waals surface area contributed by atoms with Gasteiger partial charge in [0.25, 0.3) is 5.91 Å². The summed E-state index contributed by atoms with van der Waals surface area (Å²) in [7, 11) is 0. The molecule has 0 bridgehead atoms. The second-order valence-electron chi connectivity index (χ2n) is 3.49. The van der Waals surface area contributed by atoms with E-state index in [9.17, 15) is 4.79 Å². The molecule has 3 heteroatoms. The molecular formula is C12H16ClNO. The molecule has 0 radical (unpaired) electrons. The molecule has 1 rings (SSSR count). The minimum absolute atomic E-state index is 0.0469. The lowest BCUT2D eigenvalue weighted by Gasteiger charge is -2.18. The van der Waals surface area contributed by atoms with Gasteiger partial charge in [-0.15, -0.1) is 0 Å². The monoisotopic (exact) mass is 225 g/mol. The largest absolute Gasteiger partial charge is 0.339 e. The summed E-state index contributed by atoms with van der Waals surface area (Å²) in [5, 5.41) is 0.616. The van der Waals surface area contributed by atoms with Crippen LogP contribution in [0, 0.1) is 6.92 Å². The molecule has 82 valence electrons. The molecule has 0 fully saturated rings. The van der Waals surface area contributed by atoms with Crippen molar-refractivity contribution in [3.8, 4) is 0 Å². The first kappa shape index (κ1) is 12.1. The maximum atomic E-state index is 12.0. The lowest BCUT2D eigenvalue weighted by Crippen LogP contribution is -2.30. The maximum absolute atomic E-state index is 12.0. The predicted molar refractivity (Wildman–Crippen MR) is 63.4 cm³/mol. The first-order valence-electron chi connectivity index (χ1n) is 5.15. The van der Waals surface area contributed by atoms with Crippen LogP contribution in [-0.4, -0.2) is 23.9 Å². The third kappa shape index (κ3) is 2.96. The van der Waals surface area contributed by atoms with Gasteiger partial charge >= 0.3 is 0 Å². The Balaban J connectivity index is 3.00. The average molecular weight is 226 g/mol. The number of hydrogen-bond acceptors (Lipinski definition) is 1. The van der Waals surface area contributed by atoms with E-state index in [1.165, 1.54) is 0 Å². The van der Waals surface area contributed by atoms with E-state index in [0.29, 0.717) is 10.6 Å². The Bertz CT molecular complexity index is 338. The van der Waals surface area contributed by atoms with E-state index < -0.39 is 0 Å². The molecular weight excluding hydrogens is 210 g/mol. The molecule has 0 N–H and O–H groups in total. The Labute approximate surface area is 95.8 Å². The van der Waals surface area contributed by atoms with Gasteiger partial charge in [-0.3, -0.25) is 4.79 Å². The fourth-order valence-corrected chi connectivity index (χ4v) is 1.84. The highest BCUT2D eigenvalue weighted by molar-refractivity contribution is 6.31. The van der Waals surface area contributed by atoms with E-state index in [0.717, 1.165) is 18.7 Å². The molecule has 0 aromatic heterocycles. The van der Waals surface area contributed by atoms with Gasteiger partial charge in [-0.1, -0.05) is 11.6 Å². The molecule has 1 amide bonds. The Hall–Kier alpha value is -1.02. The molecule has 1 aromatic carbocycles. The van der Waals surface area contributed by atoms with Crippen LogP contribution >= 0.6 is 11.6 Å².